The van der Waals surface area contributed by atoms with Gasteiger partial charge in [0, 0.05) is 60.8 Å². The van der Waals surface area contributed by atoms with Crippen molar-refractivity contribution in [2.45, 2.75) is 26.4 Å². The van der Waals surface area contributed by atoms with Crippen LogP contribution in [0.15, 0.2) is 66.9 Å². The van der Waals surface area contributed by atoms with Crippen LogP contribution in [0.1, 0.15) is 26.3 Å². The van der Waals surface area contributed by atoms with E-state index in [9.17, 15) is 9.59 Å². The molecule has 0 bridgehead atoms. The van der Waals surface area contributed by atoms with Crippen molar-refractivity contribution in [2.75, 3.05) is 49.2 Å². The van der Waals surface area contributed by atoms with E-state index < -0.39 is 10.8 Å². The van der Waals surface area contributed by atoms with Gasteiger partial charge in [-0.3, -0.25) is 4.79 Å². The molecule has 1 aliphatic rings. The third kappa shape index (κ3) is 7.38. The minimum absolute atomic E-state index is 0.290. The van der Waals surface area contributed by atoms with Gasteiger partial charge in [0.15, 0.2) is 0 Å². The molecule has 0 unspecified atom stereocenters. The highest BCUT2D eigenvalue weighted by Gasteiger charge is 2.26. The zero-order valence-corrected chi connectivity index (χ0v) is 25.9. The number of allylic oxidation sites excluding steroid dienone is 1. The number of ether oxygens (including phenoxy) is 2. The van der Waals surface area contributed by atoms with Crippen LogP contribution in [-0.4, -0.2) is 65.1 Å². The Balaban J connectivity index is 1.39. The van der Waals surface area contributed by atoms with E-state index in [4.69, 9.17) is 31.8 Å². The van der Waals surface area contributed by atoms with Gasteiger partial charge in [0.2, 0.25) is 11.2 Å². The van der Waals surface area contributed by atoms with Crippen LogP contribution < -0.4 is 20.7 Å². The fourth-order valence-corrected chi connectivity index (χ4v) is 5.05. The lowest BCUT2D eigenvalue weighted by atomic mass is 9.99. The molecule has 5 rings (SSSR count). The predicted molar refractivity (Wildman–Crippen MR) is 176 cm³/mol. The molecule has 0 atom stereocenters. The van der Waals surface area contributed by atoms with Gasteiger partial charge in [0.25, 0.3) is 0 Å². The second kappa shape index (κ2) is 12.8. The first-order chi connectivity index (χ1) is 21.0. The Morgan fingerprint density at radius 1 is 1.05 bits per heavy atom. The van der Waals surface area contributed by atoms with Crippen LogP contribution in [-0.2, 0) is 9.53 Å². The van der Waals surface area contributed by atoms with Gasteiger partial charge in [-0.1, -0.05) is 18.2 Å². The summed E-state index contributed by atoms with van der Waals surface area (Å²) in [6, 6.07) is 17.2. The van der Waals surface area contributed by atoms with Gasteiger partial charge in [0.1, 0.15) is 11.4 Å². The summed E-state index contributed by atoms with van der Waals surface area (Å²) in [7, 11) is 1.62. The van der Waals surface area contributed by atoms with Crippen LogP contribution in [0.2, 0.25) is 0 Å². The number of benzene rings is 3. The number of rotatable bonds is 7. The average molecular weight is 615 g/mol. The molecule has 0 saturated carbocycles. The lowest BCUT2D eigenvalue weighted by Crippen LogP contribution is -2.50. The van der Waals surface area contributed by atoms with E-state index >= 15 is 0 Å². The Kier molecular flexibility index (Phi) is 8.91. The molecule has 1 saturated heterocycles. The van der Waals surface area contributed by atoms with Gasteiger partial charge in [-0.25, -0.2) is 14.8 Å². The molecule has 3 N–H and O–H groups in total. The molecule has 11 heteroatoms. The van der Waals surface area contributed by atoms with E-state index in [2.05, 4.69) is 15.2 Å². The molecule has 10 nitrogen and oxygen atoms in total. The number of halogens is 1. The molecular formula is C33H35ClN6O4. The number of carbonyl (C=O) groups excluding carboxylic acids is 2. The highest BCUT2D eigenvalue weighted by atomic mass is 35.5. The quantitative estimate of drug-likeness (QED) is 0.137. The first-order valence-corrected chi connectivity index (χ1v) is 14.6. The molecule has 0 aliphatic carbocycles. The highest BCUT2D eigenvalue weighted by Crippen LogP contribution is 2.34. The summed E-state index contributed by atoms with van der Waals surface area (Å²) in [6.45, 7) is 8.08. The van der Waals surface area contributed by atoms with E-state index in [1.807, 2.05) is 75.4 Å². The van der Waals surface area contributed by atoms with Crippen molar-refractivity contribution in [3.05, 3.63) is 72.4 Å². The summed E-state index contributed by atoms with van der Waals surface area (Å²) in [5.41, 5.74) is 11.1. The molecule has 1 aliphatic heterocycles. The number of hydrogen-bond donors (Lipinski definition) is 2. The number of anilines is 4. The number of carbonyl (C=O) groups is 2. The zero-order valence-electron chi connectivity index (χ0n) is 25.1. The van der Waals surface area contributed by atoms with Crippen molar-refractivity contribution in [2.24, 2.45) is 0 Å². The van der Waals surface area contributed by atoms with Gasteiger partial charge in [-0.2, -0.15) is 0 Å². The van der Waals surface area contributed by atoms with Crippen LogP contribution in [0, 0.1) is 0 Å². The normalized spacial score (nSPS) is 13.8. The summed E-state index contributed by atoms with van der Waals surface area (Å²) < 4.78 is 11.2. The molecule has 0 spiro atoms. The maximum absolute atomic E-state index is 12.5. The molecule has 1 aromatic heterocycles. The van der Waals surface area contributed by atoms with Gasteiger partial charge < -0.3 is 30.3 Å². The number of nitrogens with two attached hydrogens (primary N) is 1. The van der Waals surface area contributed by atoms with E-state index in [0.29, 0.717) is 54.8 Å². The second-order valence-corrected chi connectivity index (χ2v) is 11.8. The van der Waals surface area contributed by atoms with E-state index in [1.54, 1.807) is 24.3 Å². The summed E-state index contributed by atoms with van der Waals surface area (Å²) in [5.74, 6) is 1.02. The van der Waals surface area contributed by atoms with Crippen molar-refractivity contribution in [3.63, 3.8) is 0 Å². The van der Waals surface area contributed by atoms with Crippen molar-refractivity contribution in [3.8, 4) is 16.9 Å². The van der Waals surface area contributed by atoms with Crippen LogP contribution in [0.4, 0.5) is 27.8 Å². The molecule has 0 radical (unpaired) electrons. The Bertz CT molecular complexity index is 1730. The number of aromatic nitrogens is 2. The summed E-state index contributed by atoms with van der Waals surface area (Å²) in [6.07, 6.45) is 4.40. The molecule has 1 amide bonds. The Labute approximate surface area is 261 Å². The lowest BCUT2D eigenvalue weighted by molar-refractivity contribution is -0.107. The maximum Gasteiger partial charge on any atom is 0.410 e. The SMILES string of the molecule is COc1cc(N2CCN(C(=O)OC(C)(C)C)CC2)ccc1Nc1ncc2cc(/C=C\C(=O)Cl)cc(-c3cccc(N)c3)c2n1. The number of piperazine rings is 1. The van der Waals surface area contributed by atoms with Crippen LogP contribution in [0.5, 0.6) is 5.75 Å². The first kappa shape index (κ1) is 30.6. The molecule has 4 aromatic rings. The fourth-order valence-electron chi connectivity index (χ4n) is 4.99. The third-order valence-corrected chi connectivity index (χ3v) is 7.16. The number of nitrogen functional groups attached to an aromatic ring is 1. The zero-order chi connectivity index (χ0) is 31.4. The van der Waals surface area contributed by atoms with E-state index in [1.165, 1.54) is 6.08 Å². The maximum atomic E-state index is 12.5. The molecule has 3 aromatic carbocycles. The van der Waals surface area contributed by atoms with Crippen molar-refractivity contribution in [1.29, 1.82) is 0 Å². The Morgan fingerprint density at radius 2 is 1.82 bits per heavy atom. The van der Waals surface area contributed by atoms with Crippen LogP contribution >= 0.6 is 11.6 Å². The Morgan fingerprint density at radius 3 is 2.50 bits per heavy atom. The highest BCUT2D eigenvalue weighted by molar-refractivity contribution is 6.66. The van der Waals surface area contributed by atoms with Crippen molar-refractivity contribution in [1.82, 2.24) is 14.9 Å². The Hall–Kier alpha value is -4.83. The number of hydrogen-bond acceptors (Lipinski definition) is 9. The second-order valence-electron chi connectivity index (χ2n) is 11.4. The van der Waals surface area contributed by atoms with Gasteiger partial charge in [-0.15, -0.1) is 0 Å². The van der Waals surface area contributed by atoms with Gasteiger partial charge >= 0.3 is 6.09 Å². The van der Waals surface area contributed by atoms with Crippen molar-refractivity contribution < 1.29 is 19.1 Å². The topological polar surface area (TPSA) is 123 Å². The molecule has 1 fully saturated rings. The molecule has 2 heterocycles. The largest absolute Gasteiger partial charge is 0.494 e. The predicted octanol–water partition coefficient (Wildman–Crippen LogP) is 6.47. The average Bonchev–Trinajstić information content (AvgIpc) is 2.99. The summed E-state index contributed by atoms with van der Waals surface area (Å²) in [4.78, 5) is 37.2. The minimum atomic E-state index is -0.561. The minimum Gasteiger partial charge on any atom is -0.494 e. The standard InChI is InChI=1S/C33H35ClN6O4/c1-33(2,3)44-32(42)40-14-12-39(13-15-40)25-9-10-27(28(19-25)43-4)37-31-36-20-23-16-21(8-11-29(34)41)17-26(30(23)38-31)22-6-5-7-24(35)18-22/h5-11,16-20H,12-15,35H2,1-4H3,(H,36,37,38)/b11-8-. The number of methoxy groups -OCH3 is 1. The van der Waals surface area contributed by atoms with Crippen LogP contribution in [0.3, 0.4) is 0 Å². The number of fused-ring (bicyclic) bond motifs is 1. The summed E-state index contributed by atoms with van der Waals surface area (Å²) in [5, 5.41) is 3.52. The molecule has 228 valence electrons. The number of nitrogens with one attached hydrogen (secondary N) is 1. The first-order valence-electron chi connectivity index (χ1n) is 14.2. The lowest BCUT2D eigenvalue weighted by Gasteiger charge is -2.37. The van der Waals surface area contributed by atoms with Crippen LogP contribution in [0.25, 0.3) is 28.1 Å². The third-order valence-electron chi connectivity index (χ3n) is 7.04. The molecular weight excluding hydrogens is 580 g/mol. The van der Waals surface area contributed by atoms with Gasteiger partial charge in [0.05, 0.1) is 18.3 Å². The van der Waals surface area contributed by atoms with E-state index in [0.717, 1.165) is 27.8 Å². The van der Waals surface area contributed by atoms with E-state index in [-0.39, 0.29) is 6.09 Å². The smallest absolute Gasteiger partial charge is 0.410 e. The monoisotopic (exact) mass is 614 g/mol. The molecule has 44 heavy (non-hydrogen) atoms. The summed E-state index contributed by atoms with van der Waals surface area (Å²) >= 11 is 5.53. The van der Waals surface area contributed by atoms with Gasteiger partial charge in [-0.05, 0) is 86.0 Å². The number of nitrogens with zero attached hydrogens (tertiary/aromatic N) is 4. The fraction of sp³-hybridized carbons (Fsp3) is 0.273. The number of amides is 1. The van der Waals surface area contributed by atoms with Crippen molar-refractivity contribution >= 4 is 62.9 Å².